The molecule has 5 heteroatoms. The van der Waals surface area contributed by atoms with Gasteiger partial charge in [0, 0.05) is 28.4 Å². The molecule has 3 aromatic rings. The van der Waals surface area contributed by atoms with E-state index in [1.165, 1.54) is 0 Å². The summed E-state index contributed by atoms with van der Waals surface area (Å²) in [7, 11) is 0. The van der Waals surface area contributed by atoms with Gasteiger partial charge in [-0.25, -0.2) is 0 Å². The van der Waals surface area contributed by atoms with Crippen molar-refractivity contribution in [2.75, 3.05) is 11.9 Å². The number of carbonyl (C=O) groups excluding carboxylic acids is 2. The van der Waals surface area contributed by atoms with E-state index in [9.17, 15) is 9.59 Å². The summed E-state index contributed by atoms with van der Waals surface area (Å²) in [4.78, 5) is 24.8. The van der Waals surface area contributed by atoms with Gasteiger partial charge in [-0.1, -0.05) is 54.1 Å². The van der Waals surface area contributed by atoms with Crippen molar-refractivity contribution in [2.24, 2.45) is 0 Å². The first kappa shape index (κ1) is 18.7. The molecule has 0 aliphatic heterocycles. The van der Waals surface area contributed by atoms with Gasteiger partial charge >= 0.3 is 0 Å². The topological polar surface area (TPSA) is 58.2 Å². The molecular formula is C22H19ClN2O2. The van der Waals surface area contributed by atoms with Crippen LogP contribution in [0.4, 0.5) is 5.69 Å². The van der Waals surface area contributed by atoms with Crippen molar-refractivity contribution in [3.8, 4) is 0 Å². The van der Waals surface area contributed by atoms with E-state index in [4.69, 9.17) is 11.6 Å². The lowest BCUT2D eigenvalue weighted by Crippen LogP contribution is -2.26. The summed E-state index contributed by atoms with van der Waals surface area (Å²) < 4.78 is 0. The highest BCUT2D eigenvalue weighted by Gasteiger charge is 2.11. The van der Waals surface area contributed by atoms with Crippen molar-refractivity contribution in [3.63, 3.8) is 0 Å². The van der Waals surface area contributed by atoms with Crippen LogP contribution in [0.3, 0.4) is 0 Å². The van der Waals surface area contributed by atoms with Crippen molar-refractivity contribution >= 4 is 29.1 Å². The summed E-state index contributed by atoms with van der Waals surface area (Å²) in [6.45, 7) is 0.530. The Morgan fingerprint density at radius 2 is 1.48 bits per heavy atom. The van der Waals surface area contributed by atoms with Crippen molar-refractivity contribution < 1.29 is 9.59 Å². The highest BCUT2D eigenvalue weighted by molar-refractivity contribution is 6.31. The number of carbonyl (C=O) groups is 2. The van der Waals surface area contributed by atoms with Gasteiger partial charge in [0.1, 0.15) is 0 Å². The van der Waals surface area contributed by atoms with E-state index >= 15 is 0 Å². The summed E-state index contributed by atoms with van der Waals surface area (Å²) in [6, 6.07) is 23.5. The van der Waals surface area contributed by atoms with E-state index in [-0.39, 0.29) is 11.8 Å². The molecule has 0 aliphatic rings. The smallest absolute Gasteiger partial charge is 0.255 e. The van der Waals surface area contributed by atoms with E-state index in [1.807, 2.05) is 30.3 Å². The molecule has 136 valence electrons. The Bertz CT molecular complexity index is 942. The zero-order valence-electron chi connectivity index (χ0n) is 14.6. The van der Waals surface area contributed by atoms with Crippen LogP contribution in [-0.2, 0) is 6.42 Å². The van der Waals surface area contributed by atoms with Gasteiger partial charge in [0.25, 0.3) is 11.8 Å². The Balaban J connectivity index is 1.60. The lowest BCUT2D eigenvalue weighted by molar-refractivity contribution is 0.0954. The van der Waals surface area contributed by atoms with Crippen molar-refractivity contribution in [3.05, 3.63) is 101 Å². The van der Waals surface area contributed by atoms with E-state index in [0.717, 1.165) is 12.0 Å². The number of hydrogen-bond acceptors (Lipinski definition) is 2. The fourth-order valence-corrected chi connectivity index (χ4v) is 2.83. The van der Waals surface area contributed by atoms with Crippen LogP contribution in [-0.4, -0.2) is 18.4 Å². The monoisotopic (exact) mass is 378 g/mol. The minimum Gasteiger partial charge on any atom is -0.352 e. The Hall–Kier alpha value is -3.11. The number of hydrogen-bond donors (Lipinski definition) is 2. The van der Waals surface area contributed by atoms with Crippen LogP contribution in [0.25, 0.3) is 0 Å². The molecule has 0 fully saturated rings. The molecule has 0 aliphatic carbocycles. The second-order valence-corrected chi connectivity index (χ2v) is 6.47. The molecule has 2 amide bonds. The zero-order valence-corrected chi connectivity index (χ0v) is 15.4. The Morgan fingerprint density at radius 3 is 2.22 bits per heavy atom. The second-order valence-electron chi connectivity index (χ2n) is 6.04. The summed E-state index contributed by atoms with van der Waals surface area (Å²) in [6.07, 6.45) is 0.752. The number of rotatable bonds is 6. The molecule has 0 saturated heterocycles. The normalized spacial score (nSPS) is 10.3. The molecule has 0 atom stereocenters. The lowest BCUT2D eigenvalue weighted by Gasteiger charge is -2.08. The average molecular weight is 379 g/mol. The highest BCUT2D eigenvalue weighted by atomic mass is 35.5. The third kappa shape index (κ3) is 5.43. The fraction of sp³-hybridized carbons (Fsp3) is 0.0909. The first-order chi connectivity index (χ1) is 13.1. The minimum atomic E-state index is -0.295. The molecule has 0 bridgehead atoms. The Kier molecular flexibility index (Phi) is 6.23. The molecule has 0 radical (unpaired) electrons. The third-order valence-electron chi connectivity index (χ3n) is 4.01. The lowest BCUT2D eigenvalue weighted by atomic mass is 10.1. The van der Waals surface area contributed by atoms with E-state index in [0.29, 0.717) is 28.4 Å². The van der Waals surface area contributed by atoms with Crippen molar-refractivity contribution in [1.29, 1.82) is 0 Å². The zero-order chi connectivity index (χ0) is 19.1. The van der Waals surface area contributed by atoms with Crippen molar-refractivity contribution in [1.82, 2.24) is 5.32 Å². The molecule has 0 saturated carbocycles. The van der Waals surface area contributed by atoms with Gasteiger partial charge in [-0.2, -0.15) is 0 Å². The molecule has 3 aromatic carbocycles. The molecule has 0 aromatic heterocycles. The quantitative estimate of drug-likeness (QED) is 0.660. The van der Waals surface area contributed by atoms with E-state index in [1.54, 1.807) is 48.5 Å². The maximum Gasteiger partial charge on any atom is 0.255 e. The number of amides is 2. The van der Waals surface area contributed by atoms with Gasteiger partial charge in [-0.15, -0.1) is 0 Å². The maximum absolute atomic E-state index is 12.4. The average Bonchev–Trinajstić information content (AvgIpc) is 2.69. The van der Waals surface area contributed by atoms with Crippen LogP contribution in [0.1, 0.15) is 26.3 Å². The van der Waals surface area contributed by atoms with Crippen LogP contribution in [0.5, 0.6) is 0 Å². The maximum atomic E-state index is 12.4. The first-order valence-electron chi connectivity index (χ1n) is 8.61. The SMILES string of the molecule is O=C(NCCc1ccccc1)c1cccc(C(=O)Nc2cccc(Cl)c2)c1. The van der Waals surface area contributed by atoms with Gasteiger partial charge in [-0.3, -0.25) is 9.59 Å². The van der Waals surface area contributed by atoms with Gasteiger partial charge < -0.3 is 10.6 Å². The van der Waals surface area contributed by atoms with Crippen LogP contribution >= 0.6 is 11.6 Å². The first-order valence-corrected chi connectivity index (χ1v) is 8.99. The van der Waals surface area contributed by atoms with Crippen LogP contribution in [0.15, 0.2) is 78.9 Å². The fourth-order valence-electron chi connectivity index (χ4n) is 2.64. The molecule has 3 rings (SSSR count). The molecule has 27 heavy (non-hydrogen) atoms. The standard InChI is InChI=1S/C22H19ClN2O2/c23-19-10-5-11-20(15-19)25-22(27)18-9-4-8-17(14-18)21(26)24-13-12-16-6-2-1-3-7-16/h1-11,14-15H,12-13H2,(H,24,26)(H,25,27). The van der Waals surface area contributed by atoms with Gasteiger partial charge in [-0.05, 0) is 48.4 Å². The summed E-state index contributed by atoms with van der Waals surface area (Å²) >= 11 is 5.93. The predicted octanol–water partition coefficient (Wildman–Crippen LogP) is 4.56. The van der Waals surface area contributed by atoms with E-state index in [2.05, 4.69) is 10.6 Å². The van der Waals surface area contributed by atoms with E-state index < -0.39 is 0 Å². The summed E-state index contributed by atoms with van der Waals surface area (Å²) in [5.41, 5.74) is 2.62. The molecule has 0 spiro atoms. The second kappa shape index (κ2) is 9.01. The highest BCUT2D eigenvalue weighted by Crippen LogP contribution is 2.16. The van der Waals surface area contributed by atoms with Gasteiger partial charge in [0.2, 0.25) is 0 Å². The third-order valence-corrected chi connectivity index (χ3v) is 4.25. The molecular weight excluding hydrogens is 360 g/mol. The summed E-state index contributed by atoms with van der Waals surface area (Å²) in [5.74, 6) is -0.500. The Morgan fingerprint density at radius 1 is 0.778 bits per heavy atom. The predicted molar refractivity (Wildman–Crippen MR) is 108 cm³/mol. The van der Waals surface area contributed by atoms with Crippen LogP contribution < -0.4 is 10.6 Å². The largest absolute Gasteiger partial charge is 0.352 e. The van der Waals surface area contributed by atoms with Crippen molar-refractivity contribution in [2.45, 2.75) is 6.42 Å². The van der Waals surface area contributed by atoms with Crippen LogP contribution in [0, 0.1) is 0 Å². The number of nitrogens with one attached hydrogen (secondary N) is 2. The molecule has 0 unspecified atom stereocenters. The number of benzene rings is 3. The minimum absolute atomic E-state index is 0.205. The molecule has 0 heterocycles. The summed E-state index contributed by atoms with van der Waals surface area (Å²) in [5, 5.41) is 6.20. The number of halogens is 1. The number of anilines is 1. The molecule has 2 N–H and O–H groups in total. The Labute approximate surface area is 163 Å². The van der Waals surface area contributed by atoms with Crippen LogP contribution in [0.2, 0.25) is 5.02 Å². The van der Waals surface area contributed by atoms with Gasteiger partial charge in [0.15, 0.2) is 0 Å². The van der Waals surface area contributed by atoms with Gasteiger partial charge in [0.05, 0.1) is 0 Å². The molecule has 4 nitrogen and oxygen atoms in total.